The monoisotopic (exact) mass is 314 g/mol. The summed E-state index contributed by atoms with van der Waals surface area (Å²) in [6, 6.07) is 4.65. The maximum Gasteiger partial charge on any atom is 0.240 e. The van der Waals surface area contributed by atoms with E-state index in [4.69, 9.17) is 16.0 Å². The van der Waals surface area contributed by atoms with Crippen LogP contribution in [0.15, 0.2) is 33.8 Å². The van der Waals surface area contributed by atoms with Crippen molar-refractivity contribution in [1.29, 1.82) is 0 Å². The van der Waals surface area contributed by atoms with Gasteiger partial charge >= 0.3 is 0 Å². The number of rotatable bonds is 5. The Labute approximate surface area is 123 Å². The van der Waals surface area contributed by atoms with Crippen LogP contribution in [-0.4, -0.2) is 19.9 Å². The van der Waals surface area contributed by atoms with E-state index < -0.39 is 10.0 Å². The SMILES string of the molecule is Cc1nc(CCNS(=O)(=O)c2ccc(C)c(Cl)c2)co1. The molecule has 0 radical (unpaired) electrons. The standard InChI is InChI=1S/C13H15ClN2O3S/c1-9-3-4-12(7-13(9)14)20(17,18)15-6-5-11-8-19-10(2)16-11/h3-4,7-8,15H,5-6H2,1-2H3. The number of hydrogen-bond donors (Lipinski definition) is 1. The summed E-state index contributed by atoms with van der Waals surface area (Å²) >= 11 is 5.94. The number of nitrogens with zero attached hydrogens (tertiary/aromatic N) is 1. The first-order valence-corrected chi connectivity index (χ1v) is 7.91. The minimum Gasteiger partial charge on any atom is -0.449 e. The average molecular weight is 315 g/mol. The van der Waals surface area contributed by atoms with Crippen LogP contribution in [0.1, 0.15) is 17.1 Å². The molecule has 0 saturated heterocycles. The Balaban J connectivity index is 2.02. The van der Waals surface area contributed by atoms with Gasteiger partial charge in [0.1, 0.15) is 6.26 Å². The molecule has 1 aromatic carbocycles. The Morgan fingerprint density at radius 1 is 1.35 bits per heavy atom. The van der Waals surface area contributed by atoms with Crippen LogP contribution in [0.4, 0.5) is 0 Å². The summed E-state index contributed by atoms with van der Waals surface area (Å²) < 4.78 is 31.7. The van der Waals surface area contributed by atoms with E-state index >= 15 is 0 Å². The zero-order chi connectivity index (χ0) is 14.8. The highest BCUT2D eigenvalue weighted by Gasteiger charge is 2.14. The van der Waals surface area contributed by atoms with Gasteiger partial charge in [-0.15, -0.1) is 0 Å². The smallest absolute Gasteiger partial charge is 0.240 e. The molecule has 0 saturated carbocycles. The second-order valence-corrected chi connectivity index (χ2v) is 6.59. The Bertz CT molecular complexity index is 710. The third kappa shape index (κ3) is 3.59. The summed E-state index contributed by atoms with van der Waals surface area (Å²) in [5.74, 6) is 0.563. The third-order valence-electron chi connectivity index (χ3n) is 2.79. The van der Waals surface area contributed by atoms with Crippen molar-refractivity contribution >= 4 is 21.6 Å². The van der Waals surface area contributed by atoms with Gasteiger partial charge in [0, 0.05) is 24.9 Å². The average Bonchev–Trinajstić information content (AvgIpc) is 2.78. The first kappa shape index (κ1) is 15.0. The second kappa shape index (κ2) is 5.95. The van der Waals surface area contributed by atoms with Crippen molar-refractivity contribution in [2.24, 2.45) is 0 Å². The normalized spacial score (nSPS) is 11.8. The molecule has 2 aromatic rings. The van der Waals surface area contributed by atoms with Gasteiger partial charge in [0.05, 0.1) is 10.6 Å². The number of aryl methyl sites for hydroxylation is 2. The van der Waals surface area contributed by atoms with Crippen molar-refractivity contribution in [3.05, 3.63) is 46.6 Å². The van der Waals surface area contributed by atoms with Gasteiger partial charge in [-0.3, -0.25) is 0 Å². The van der Waals surface area contributed by atoms with Gasteiger partial charge < -0.3 is 4.42 Å². The van der Waals surface area contributed by atoms with E-state index in [1.54, 1.807) is 13.0 Å². The number of hydrogen-bond acceptors (Lipinski definition) is 4. The van der Waals surface area contributed by atoms with Crippen LogP contribution in [0, 0.1) is 13.8 Å². The molecule has 108 valence electrons. The summed E-state index contributed by atoms with van der Waals surface area (Å²) in [6.07, 6.45) is 1.99. The van der Waals surface area contributed by atoms with Crippen LogP contribution in [0.5, 0.6) is 0 Å². The molecule has 0 atom stereocenters. The van der Waals surface area contributed by atoms with Crippen LogP contribution in [0.25, 0.3) is 0 Å². The lowest BCUT2D eigenvalue weighted by Crippen LogP contribution is -2.26. The van der Waals surface area contributed by atoms with Gasteiger partial charge in [-0.2, -0.15) is 0 Å². The van der Waals surface area contributed by atoms with E-state index in [9.17, 15) is 8.42 Å². The van der Waals surface area contributed by atoms with Crippen molar-refractivity contribution in [2.45, 2.75) is 25.2 Å². The van der Waals surface area contributed by atoms with Crippen molar-refractivity contribution in [2.75, 3.05) is 6.54 Å². The highest BCUT2D eigenvalue weighted by atomic mass is 35.5. The van der Waals surface area contributed by atoms with Gasteiger partial charge in [0.15, 0.2) is 5.89 Å². The summed E-state index contributed by atoms with van der Waals surface area (Å²) in [5, 5.41) is 0.431. The minimum absolute atomic E-state index is 0.157. The Morgan fingerprint density at radius 3 is 2.70 bits per heavy atom. The largest absolute Gasteiger partial charge is 0.449 e. The summed E-state index contributed by atoms with van der Waals surface area (Å²) in [4.78, 5) is 4.26. The van der Waals surface area contributed by atoms with E-state index in [2.05, 4.69) is 9.71 Å². The lowest BCUT2D eigenvalue weighted by molar-refractivity contribution is 0.520. The quantitative estimate of drug-likeness (QED) is 0.920. The van der Waals surface area contributed by atoms with Gasteiger partial charge in [0.25, 0.3) is 0 Å². The highest BCUT2D eigenvalue weighted by Crippen LogP contribution is 2.19. The molecule has 0 aliphatic rings. The predicted octanol–water partition coefficient (Wildman–Crippen LogP) is 2.47. The molecule has 1 heterocycles. The molecule has 5 nitrogen and oxygen atoms in total. The Morgan fingerprint density at radius 2 is 2.10 bits per heavy atom. The fraction of sp³-hybridized carbons (Fsp3) is 0.308. The molecule has 0 aliphatic carbocycles. The molecule has 0 amide bonds. The number of aromatic nitrogens is 1. The summed E-state index contributed by atoms with van der Waals surface area (Å²) in [5.41, 5.74) is 1.55. The third-order valence-corrected chi connectivity index (χ3v) is 4.66. The molecule has 0 bridgehead atoms. The summed E-state index contributed by atoms with van der Waals surface area (Å²) in [7, 11) is -3.56. The maximum atomic E-state index is 12.1. The van der Waals surface area contributed by atoms with Crippen molar-refractivity contribution in [3.63, 3.8) is 0 Å². The van der Waals surface area contributed by atoms with Gasteiger partial charge in [-0.05, 0) is 24.6 Å². The Hall–Kier alpha value is -1.37. The van der Waals surface area contributed by atoms with Gasteiger partial charge in [-0.25, -0.2) is 18.1 Å². The zero-order valence-corrected chi connectivity index (χ0v) is 12.8. The van der Waals surface area contributed by atoms with Crippen molar-refractivity contribution in [3.8, 4) is 0 Å². The van der Waals surface area contributed by atoms with Crippen LogP contribution >= 0.6 is 11.6 Å². The number of nitrogens with one attached hydrogen (secondary N) is 1. The van der Waals surface area contributed by atoms with Crippen LogP contribution in [0.3, 0.4) is 0 Å². The molecule has 1 N–H and O–H groups in total. The van der Waals surface area contributed by atoms with E-state index in [-0.39, 0.29) is 11.4 Å². The van der Waals surface area contributed by atoms with E-state index in [1.165, 1.54) is 18.4 Å². The zero-order valence-electron chi connectivity index (χ0n) is 11.2. The fourth-order valence-corrected chi connectivity index (χ4v) is 2.96. The number of benzene rings is 1. The fourth-order valence-electron chi connectivity index (χ4n) is 1.66. The number of halogens is 1. The molecule has 0 unspecified atom stereocenters. The molecule has 0 fully saturated rings. The highest BCUT2D eigenvalue weighted by molar-refractivity contribution is 7.89. The first-order chi connectivity index (χ1) is 9.38. The molecule has 20 heavy (non-hydrogen) atoms. The molecule has 1 aromatic heterocycles. The maximum absolute atomic E-state index is 12.1. The molecular formula is C13H15ClN2O3S. The first-order valence-electron chi connectivity index (χ1n) is 6.05. The molecule has 7 heteroatoms. The topological polar surface area (TPSA) is 72.2 Å². The predicted molar refractivity (Wildman–Crippen MR) is 76.3 cm³/mol. The molecule has 0 spiro atoms. The Kier molecular flexibility index (Phi) is 4.47. The number of sulfonamides is 1. The van der Waals surface area contributed by atoms with Gasteiger partial charge in [0.2, 0.25) is 10.0 Å². The minimum atomic E-state index is -3.56. The van der Waals surface area contributed by atoms with E-state index in [0.717, 1.165) is 5.56 Å². The molecule has 0 aliphatic heterocycles. The van der Waals surface area contributed by atoms with Crippen LogP contribution in [0.2, 0.25) is 5.02 Å². The van der Waals surface area contributed by atoms with Crippen molar-refractivity contribution in [1.82, 2.24) is 9.71 Å². The van der Waals surface area contributed by atoms with Crippen molar-refractivity contribution < 1.29 is 12.8 Å². The van der Waals surface area contributed by atoms with Crippen LogP contribution in [-0.2, 0) is 16.4 Å². The van der Waals surface area contributed by atoms with Gasteiger partial charge in [-0.1, -0.05) is 17.7 Å². The lowest BCUT2D eigenvalue weighted by Gasteiger charge is -2.07. The van der Waals surface area contributed by atoms with Crippen LogP contribution < -0.4 is 4.72 Å². The molecular weight excluding hydrogens is 300 g/mol. The number of oxazole rings is 1. The molecule has 2 rings (SSSR count). The lowest BCUT2D eigenvalue weighted by atomic mass is 10.2. The summed E-state index contributed by atoms with van der Waals surface area (Å²) in [6.45, 7) is 3.81. The van der Waals surface area contributed by atoms with E-state index in [0.29, 0.717) is 23.0 Å². The van der Waals surface area contributed by atoms with E-state index in [1.807, 2.05) is 6.92 Å². The second-order valence-electron chi connectivity index (χ2n) is 4.42.